The van der Waals surface area contributed by atoms with E-state index < -0.39 is 5.60 Å². The molecular formula is C12H28N2O. The summed E-state index contributed by atoms with van der Waals surface area (Å²) in [6.07, 6.45) is 1.11. The summed E-state index contributed by atoms with van der Waals surface area (Å²) in [6, 6.07) is 0.456. The first-order chi connectivity index (χ1) is 6.75. The Morgan fingerprint density at radius 1 is 1.27 bits per heavy atom. The smallest absolute Gasteiger partial charge is 0.0766 e. The van der Waals surface area contributed by atoms with Gasteiger partial charge in [-0.2, -0.15) is 0 Å². The van der Waals surface area contributed by atoms with Gasteiger partial charge in [0.15, 0.2) is 0 Å². The molecule has 15 heavy (non-hydrogen) atoms. The molecule has 0 aromatic heterocycles. The van der Waals surface area contributed by atoms with Gasteiger partial charge in [-0.25, -0.2) is 0 Å². The van der Waals surface area contributed by atoms with Gasteiger partial charge in [-0.05, 0) is 46.8 Å². The maximum Gasteiger partial charge on any atom is 0.0766 e. The van der Waals surface area contributed by atoms with E-state index in [1.54, 1.807) is 0 Å². The van der Waals surface area contributed by atoms with E-state index in [0.29, 0.717) is 12.6 Å². The number of hydrogen-bond donors (Lipinski definition) is 2. The normalized spacial score (nSPS) is 18.2. The van der Waals surface area contributed by atoms with Crippen LogP contribution in [0.3, 0.4) is 0 Å². The summed E-state index contributed by atoms with van der Waals surface area (Å²) in [7, 11) is 4.16. The zero-order valence-corrected chi connectivity index (χ0v) is 11.2. The first kappa shape index (κ1) is 14.9. The third-order valence-corrected chi connectivity index (χ3v) is 3.06. The van der Waals surface area contributed by atoms with Crippen LogP contribution in [0, 0.1) is 5.92 Å². The van der Waals surface area contributed by atoms with E-state index in [2.05, 4.69) is 31.2 Å². The Balaban J connectivity index is 3.75. The summed E-state index contributed by atoms with van der Waals surface area (Å²) in [5, 5.41) is 13.4. The molecule has 0 heterocycles. The fraction of sp³-hybridized carbons (Fsp3) is 1.00. The van der Waals surface area contributed by atoms with Gasteiger partial charge in [0.25, 0.3) is 0 Å². The van der Waals surface area contributed by atoms with Crippen LogP contribution in [0.4, 0.5) is 0 Å². The quantitative estimate of drug-likeness (QED) is 0.674. The molecule has 0 fully saturated rings. The Hall–Kier alpha value is -0.120. The van der Waals surface area contributed by atoms with Gasteiger partial charge in [-0.3, -0.25) is 0 Å². The van der Waals surface area contributed by atoms with Crippen LogP contribution in [0.15, 0.2) is 0 Å². The summed E-state index contributed by atoms with van der Waals surface area (Å²) in [6.45, 7) is 9.90. The van der Waals surface area contributed by atoms with E-state index in [-0.39, 0.29) is 5.92 Å². The highest BCUT2D eigenvalue weighted by Gasteiger charge is 2.24. The molecule has 0 bridgehead atoms. The van der Waals surface area contributed by atoms with Crippen LogP contribution in [0.2, 0.25) is 0 Å². The minimum atomic E-state index is -0.605. The highest BCUT2D eigenvalue weighted by atomic mass is 16.3. The highest BCUT2D eigenvalue weighted by Crippen LogP contribution is 2.14. The lowest BCUT2D eigenvalue weighted by Crippen LogP contribution is -2.45. The van der Waals surface area contributed by atoms with Crippen molar-refractivity contribution in [2.75, 3.05) is 27.2 Å². The zero-order valence-electron chi connectivity index (χ0n) is 11.2. The van der Waals surface area contributed by atoms with E-state index in [9.17, 15) is 5.11 Å². The number of aliphatic hydroxyl groups is 1. The average Bonchev–Trinajstić information content (AvgIpc) is 2.11. The summed E-state index contributed by atoms with van der Waals surface area (Å²) >= 11 is 0. The molecule has 0 aromatic carbocycles. The van der Waals surface area contributed by atoms with Gasteiger partial charge in [-0.1, -0.05) is 13.8 Å². The standard InChI is InChI=1S/C12H28N2O/c1-10(2)12(4,15)9-13-11(3)7-8-14(5)6/h10-11,13,15H,7-9H2,1-6H3. The Kier molecular flexibility index (Phi) is 6.41. The molecular weight excluding hydrogens is 188 g/mol. The third kappa shape index (κ3) is 6.88. The minimum Gasteiger partial charge on any atom is -0.389 e. The number of hydrogen-bond acceptors (Lipinski definition) is 3. The predicted molar refractivity (Wildman–Crippen MR) is 66.1 cm³/mol. The molecule has 0 radical (unpaired) electrons. The van der Waals surface area contributed by atoms with Crippen molar-refractivity contribution in [3.05, 3.63) is 0 Å². The van der Waals surface area contributed by atoms with Crippen LogP contribution in [0.1, 0.15) is 34.1 Å². The molecule has 3 nitrogen and oxygen atoms in total. The second kappa shape index (κ2) is 6.46. The van der Waals surface area contributed by atoms with E-state index in [4.69, 9.17) is 0 Å². The number of nitrogens with one attached hydrogen (secondary N) is 1. The Labute approximate surface area is 94.9 Å². The molecule has 2 unspecified atom stereocenters. The van der Waals surface area contributed by atoms with Crippen LogP contribution in [-0.2, 0) is 0 Å². The van der Waals surface area contributed by atoms with Gasteiger partial charge in [0.2, 0.25) is 0 Å². The minimum absolute atomic E-state index is 0.283. The van der Waals surface area contributed by atoms with E-state index in [0.717, 1.165) is 13.0 Å². The second-order valence-corrected chi connectivity index (χ2v) is 5.39. The second-order valence-electron chi connectivity index (χ2n) is 5.39. The highest BCUT2D eigenvalue weighted by molar-refractivity contribution is 4.80. The summed E-state index contributed by atoms with van der Waals surface area (Å²) in [5.74, 6) is 0.283. The molecule has 0 aliphatic heterocycles. The van der Waals surface area contributed by atoms with Crippen LogP contribution >= 0.6 is 0 Å². The van der Waals surface area contributed by atoms with Crippen molar-refractivity contribution in [1.29, 1.82) is 0 Å². The van der Waals surface area contributed by atoms with Crippen LogP contribution < -0.4 is 5.32 Å². The first-order valence-corrected chi connectivity index (χ1v) is 5.86. The lowest BCUT2D eigenvalue weighted by atomic mass is 9.92. The molecule has 2 N–H and O–H groups in total. The first-order valence-electron chi connectivity index (χ1n) is 5.86. The van der Waals surface area contributed by atoms with Gasteiger partial charge < -0.3 is 15.3 Å². The molecule has 0 spiro atoms. The summed E-state index contributed by atoms with van der Waals surface area (Å²) in [4.78, 5) is 2.18. The molecule has 0 saturated carbocycles. The van der Waals surface area contributed by atoms with Crippen LogP contribution in [0.5, 0.6) is 0 Å². The summed E-state index contributed by atoms with van der Waals surface area (Å²) < 4.78 is 0. The van der Waals surface area contributed by atoms with E-state index >= 15 is 0 Å². The van der Waals surface area contributed by atoms with Gasteiger partial charge in [0.1, 0.15) is 0 Å². The van der Waals surface area contributed by atoms with Crippen molar-refractivity contribution in [3.8, 4) is 0 Å². The predicted octanol–water partition coefficient (Wildman–Crippen LogP) is 1.32. The fourth-order valence-corrected chi connectivity index (χ4v) is 1.14. The molecule has 0 aliphatic rings. The third-order valence-electron chi connectivity index (χ3n) is 3.06. The van der Waals surface area contributed by atoms with E-state index in [1.807, 2.05) is 20.8 Å². The van der Waals surface area contributed by atoms with Crippen LogP contribution in [-0.4, -0.2) is 48.8 Å². The molecule has 2 atom stereocenters. The van der Waals surface area contributed by atoms with Gasteiger partial charge in [0.05, 0.1) is 5.60 Å². The van der Waals surface area contributed by atoms with Crippen molar-refractivity contribution in [3.63, 3.8) is 0 Å². The molecule has 3 heteroatoms. The van der Waals surface area contributed by atoms with Crippen molar-refractivity contribution in [2.45, 2.75) is 45.8 Å². The van der Waals surface area contributed by atoms with Crippen molar-refractivity contribution >= 4 is 0 Å². The SMILES string of the molecule is CC(CCN(C)C)NCC(C)(O)C(C)C. The Bertz CT molecular complexity index is 167. The molecule has 0 amide bonds. The topological polar surface area (TPSA) is 35.5 Å². The lowest BCUT2D eigenvalue weighted by molar-refractivity contribution is 0.0119. The zero-order chi connectivity index (χ0) is 12.1. The molecule has 0 rings (SSSR count). The Morgan fingerprint density at radius 3 is 2.20 bits per heavy atom. The molecule has 0 aliphatic carbocycles. The van der Waals surface area contributed by atoms with Gasteiger partial charge in [-0.15, -0.1) is 0 Å². The van der Waals surface area contributed by atoms with Crippen molar-refractivity contribution < 1.29 is 5.11 Å². The largest absolute Gasteiger partial charge is 0.389 e. The monoisotopic (exact) mass is 216 g/mol. The maximum absolute atomic E-state index is 10.0. The van der Waals surface area contributed by atoms with Crippen molar-refractivity contribution in [1.82, 2.24) is 10.2 Å². The number of rotatable bonds is 7. The average molecular weight is 216 g/mol. The molecule has 92 valence electrons. The van der Waals surface area contributed by atoms with Crippen LogP contribution in [0.25, 0.3) is 0 Å². The Morgan fingerprint density at radius 2 is 1.80 bits per heavy atom. The fourth-order valence-electron chi connectivity index (χ4n) is 1.14. The summed E-state index contributed by atoms with van der Waals surface area (Å²) in [5.41, 5.74) is -0.605. The molecule has 0 aromatic rings. The lowest BCUT2D eigenvalue weighted by Gasteiger charge is -2.30. The van der Waals surface area contributed by atoms with Gasteiger partial charge in [0, 0.05) is 12.6 Å². The van der Waals surface area contributed by atoms with E-state index in [1.165, 1.54) is 0 Å². The van der Waals surface area contributed by atoms with Crippen molar-refractivity contribution in [2.24, 2.45) is 5.92 Å². The van der Waals surface area contributed by atoms with Gasteiger partial charge >= 0.3 is 0 Å². The number of nitrogens with zero attached hydrogens (tertiary/aromatic N) is 1. The molecule has 0 saturated heterocycles. The maximum atomic E-state index is 10.0.